The molecule has 0 aliphatic rings. The van der Waals surface area contributed by atoms with Crippen molar-refractivity contribution in [3.8, 4) is 0 Å². The van der Waals surface area contributed by atoms with Crippen LogP contribution in [0.25, 0.3) is 0 Å². The number of anilines is 1. The summed E-state index contributed by atoms with van der Waals surface area (Å²) in [6.45, 7) is 2.78. The summed E-state index contributed by atoms with van der Waals surface area (Å²) in [4.78, 5) is 18.2. The first-order chi connectivity index (χ1) is 12.0. The van der Waals surface area contributed by atoms with Gasteiger partial charge >= 0.3 is 0 Å². The van der Waals surface area contributed by atoms with Gasteiger partial charge in [-0.05, 0) is 36.2 Å². The van der Waals surface area contributed by atoms with Gasteiger partial charge in [0.05, 0.1) is 6.54 Å². The van der Waals surface area contributed by atoms with Gasteiger partial charge in [0.2, 0.25) is 5.91 Å². The molecule has 5 nitrogen and oxygen atoms in total. The van der Waals surface area contributed by atoms with Crippen LogP contribution in [0.2, 0.25) is 0 Å². The second-order valence-corrected chi connectivity index (χ2v) is 5.74. The van der Waals surface area contributed by atoms with Crippen LogP contribution in [-0.4, -0.2) is 37.4 Å². The molecule has 0 unspecified atom stereocenters. The predicted octanol–water partition coefficient (Wildman–Crippen LogP) is 2.78. The molecule has 0 atom stereocenters. The fourth-order valence-corrected chi connectivity index (χ4v) is 2.43. The third-order valence-corrected chi connectivity index (χ3v) is 3.76. The van der Waals surface area contributed by atoms with Gasteiger partial charge < -0.3 is 15.5 Å². The molecule has 132 valence electrons. The van der Waals surface area contributed by atoms with Crippen molar-refractivity contribution in [1.29, 1.82) is 0 Å². The zero-order valence-corrected chi connectivity index (χ0v) is 14.7. The lowest BCUT2D eigenvalue weighted by molar-refractivity contribution is -0.115. The van der Waals surface area contributed by atoms with E-state index in [1.807, 2.05) is 24.1 Å². The van der Waals surface area contributed by atoms with Gasteiger partial charge in [0.25, 0.3) is 0 Å². The molecule has 6 heteroatoms. The fourth-order valence-electron chi connectivity index (χ4n) is 2.43. The lowest BCUT2D eigenvalue weighted by Crippen LogP contribution is -2.42. The number of nitrogens with zero attached hydrogens (tertiary/aromatic N) is 2. The van der Waals surface area contributed by atoms with Gasteiger partial charge in [-0.25, -0.2) is 4.39 Å². The second kappa shape index (κ2) is 8.82. The van der Waals surface area contributed by atoms with Crippen LogP contribution in [0.1, 0.15) is 11.1 Å². The highest BCUT2D eigenvalue weighted by molar-refractivity contribution is 5.94. The van der Waals surface area contributed by atoms with Crippen LogP contribution < -0.4 is 10.6 Å². The van der Waals surface area contributed by atoms with Crippen LogP contribution in [0.4, 0.5) is 10.1 Å². The highest BCUT2D eigenvalue weighted by Gasteiger charge is 2.10. The average Bonchev–Trinajstić information content (AvgIpc) is 2.57. The number of amides is 1. The SMILES string of the molecule is CN=C(NCC(=O)Nc1cccc(F)c1)N(C)Cc1ccccc1C. The minimum Gasteiger partial charge on any atom is -0.347 e. The van der Waals surface area contributed by atoms with Crippen molar-refractivity contribution in [3.63, 3.8) is 0 Å². The van der Waals surface area contributed by atoms with Crippen molar-refractivity contribution in [3.05, 3.63) is 65.5 Å². The van der Waals surface area contributed by atoms with Crippen LogP contribution in [0.5, 0.6) is 0 Å². The Kier molecular flexibility index (Phi) is 6.51. The number of hydrogen-bond acceptors (Lipinski definition) is 2. The summed E-state index contributed by atoms with van der Waals surface area (Å²) < 4.78 is 13.1. The summed E-state index contributed by atoms with van der Waals surface area (Å²) in [6.07, 6.45) is 0. The number of nitrogens with one attached hydrogen (secondary N) is 2. The van der Waals surface area contributed by atoms with Gasteiger partial charge in [0, 0.05) is 26.3 Å². The highest BCUT2D eigenvalue weighted by atomic mass is 19.1. The lowest BCUT2D eigenvalue weighted by Gasteiger charge is -2.22. The molecule has 0 bridgehead atoms. The maximum absolute atomic E-state index is 13.1. The number of aryl methyl sites for hydroxylation is 1. The van der Waals surface area contributed by atoms with Gasteiger partial charge in [-0.15, -0.1) is 0 Å². The summed E-state index contributed by atoms with van der Waals surface area (Å²) in [6, 6.07) is 13.9. The molecule has 25 heavy (non-hydrogen) atoms. The monoisotopic (exact) mass is 342 g/mol. The number of carbonyl (C=O) groups is 1. The van der Waals surface area contributed by atoms with E-state index < -0.39 is 0 Å². The first-order valence-corrected chi connectivity index (χ1v) is 8.01. The Morgan fingerprint density at radius 3 is 2.64 bits per heavy atom. The summed E-state index contributed by atoms with van der Waals surface area (Å²) >= 11 is 0. The van der Waals surface area contributed by atoms with Crippen molar-refractivity contribution in [1.82, 2.24) is 10.2 Å². The lowest BCUT2D eigenvalue weighted by atomic mass is 10.1. The average molecular weight is 342 g/mol. The van der Waals surface area contributed by atoms with Crippen LogP contribution >= 0.6 is 0 Å². The molecular weight excluding hydrogens is 319 g/mol. The molecule has 0 spiro atoms. The first kappa shape index (κ1) is 18.4. The van der Waals surface area contributed by atoms with E-state index in [0.29, 0.717) is 18.2 Å². The normalized spacial score (nSPS) is 11.1. The Bertz CT molecular complexity index is 761. The van der Waals surface area contributed by atoms with E-state index in [1.54, 1.807) is 19.2 Å². The summed E-state index contributed by atoms with van der Waals surface area (Å²) in [5.74, 6) is -0.0479. The Labute approximate surface area is 147 Å². The number of rotatable bonds is 5. The number of hydrogen-bond donors (Lipinski definition) is 2. The summed E-state index contributed by atoms with van der Waals surface area (Å²) in [7, 11) is 3.58. The molecular formula is C19H23FN4O. The molecule has 0 heterocycles. The van der Waals surface area contributed by atoms with Crippen LogP contribution in [0, 0.1) is 12.7 Å². The van der Waals surface area contributed by atoms with E-state index in [-0.39, 0.29) is 18.3 Å². The van der Waals surface area contributed by atoms with E-state index in [0.717, 1.165) is 0 Å². The minimum absolute atomic E-state index is 0.0430. The Hall–Kier alpha value is -2.89. The summed E-state index contributed by atoms with van der Waals surface area (Å²) in [5.41, 5.74) is 2.82. The molecule has 0 saturated heterocycles. The van der Waals surface area contributed by atoms with Crippen molar-refractivity contribution in [2.75, 3.05) is 26.0 Å². The zero-order valence-electron chi connectivity index (χ0n) is 14.7. The smallest absolute Gasteiger partial charge is 0.243 e. The Morgan fingerprint density at radius 1 is 1.20 bits per heavy atom. The summed E-state index contributed by atoms with van der Waals surface area (Å²) in [5, 5.41) is 5.66. The number of guanidine groups is 1. The number of aliphatic imine (C=N–C) groups is 1. The quantitative estimate of drug-likeness (QED) is 0.649. The van der Waals surface area contributed by atoms with Gasteiger partial charge in [-0.3, -0.25) is 9.79 Å². The third kappa shape index (κ3) is 5.60. The maximum atomic E-state index is 13.1. The zero-order chi connectivity index (χ0) is 18.2. The molecule has 0 saturated carbocycles. The van der Waals surface area contributed by atoms with E-state index in [4.69, 9.17) is 0 Å². The van der Waals surface area contributed by atoms with Gasteiger partial charge in [0.1, 0.15) is 5.82 Å². The molecule has 0 radical (unpaired) electrons. The van der Waals surface area contributed by atoms with Gasteiger partial charge in [0.15, 0.2) is 5.96 Å². The molecule has 2 aromatic rings. The molecule has 2 rings (SSSR count). The van der Waals surface area contributed by atoms with E-state index >= 15 is 0 Å². The third-order valence-electron chi connectivity index (χ3n) is 3.76. The highest BCUT2D eigenvalue weighted by Crippen LogP contribution is 2.10. The van der Waals surface area contributed by atoms with Gasteiger partial charge in [-0.1, -0.05) is 30.3 Å². The van der Waals surface area contributed by atoms with Crippen molar-refractivity contribution >= 4 is 17.6 Å². The number of benzene rings is 2. The van der Waals surface area contributed by atoms with Crippen LogP contribution in [-0.2, 0) is 11.3 Å². The predicted molar refractivity (Wildman–Crippen MR) is 99.0 cm³/mol. The van der Waals surface area contributed by atoms with Crippen molar-refractivity contribution in [2.45, 2.75) is 13.5 Å². The van der Waals surface area contributed by atoms with E-state index in [9.17, 15) is 9.18 Å². The molecule has 0 fully saturated rings. The topological polar surface area (TPSA) is 56.7 Å². The largest absolute Gasteiger partial charge is 0.347 e. The van der Waals surface area contributed by atoms with Crippen molar-refractivity contribution in [2.24, 2.45) is 4.99 Å². The standard InChI is InChI=1S/C19H23FN4O/c1-14-7-4-5-8-15(14)13-24(3)19(21-2)22-12-18(25)23-17-10-6-9-16(20)11-17/h4-11H,12-13H2,1-3H3,(H,21,22)(H,23,25). The Balaban J connectivity index is 1.89. The number of halogens is 1. The number of carbonyl (C=O) groups excluding carboxylic acids is 1. The molecule has 0 aliphatic carbocycles. The molecule has 0 aliphatic heterocycles. The van der Waals surface area contributed by atoms with E-state index in [1.165, 1.54) is 23.3 Å². The van der Waals surface area contributed by atoms with Crippen LogP contribution in [0.3, 0.4) is 0 Å². The molecule has 1 amide bonds. The molecule has 2 N–H and O–H groups in total. The second-order valence-electron chi connectivity index (χ2n) is 5.74. The minimum atomic E-state index is -0.389. The fraction of sp³-hybridized carbons (Fsp3) is 0.263. The van der Waals surface area contributed by atoms with Crippen molar-refractivity contribution < 1.29 is 9.18 Å². The van der Waals surface area contributed by atoms with E-state index in [2.05, 4.69) is 34.7 Å². The Morgan fingerprint density at radius 2 is 1.96 bits per heavy atom. The maximum Gasteiger partial charge on any atom is 0.243 e. The molecule has 2 aromatic carbocycles. The first-order valence-electron chi connectivity index (χ1n) is 8.01. The van der Waals surface area contributed by atoms with Gasteiger partial charge in [-0.2, -0.15) is 0 Å². The molecule has 0 aromatic heterocycles. The van der Waals surface area contributed by atoms with Crippen LogP contribution in [0.15, 0.2) is 53.5 Å².